The maximum Gasteiger partial charge on any atom is 0.0833 e. The molecule has 1 aromatic heterocycles. The van der Waals surface area contributed by atoms with Gasteiger partial charge in [0.05, 0.1) is 12.2 Å². The van der Waals surface area contributed by atoms with Crippen molar-refractivity contribution in [2.45, 2.75) is 64.6 Å². The van der Waals surface area contributed by atoms with E-state index in [4.69, 9.17) is 14.6 Å². The van der Waals surface area contributed by atoms with Crippen molar-refractivity contribution < 1.29 is 14.6 Å². The van der Waals surface area contributed by atoms with Crippen LogP contribution in [0.1, 0.15) is 62.5 Å². The predicted octanol–water partition coefficient (Wildman–Crippen LogP) is 3.46. The van der Waals surface area contributed by atoms with Gasteiger partial charge >= 0.3 is 0 Å². The lowest BCUT2D eigenvalue weighted by Gasteiger charge is -2.19. The smallest absolute Gasteiger partial charge is 0.0833 e. The number of methoxy groups -OCH3 is 2. The molecule has 0 saturated carbocycles. The molecule has 2 atom stereocenters. The van der Waals surface area contributed by atoms with Gasteiger partial charge in [0.1, 0.15) is 0 Å². The van der Waals surface area contributed by atoms with Crippen molar-refractivity contribution in [1.82, 2.24) is 4.98 Å². The molecular weight excluding hydrogens is 278 g/mol. The van der Waals surface area contributed by atoms with Crippen molar-refractivity contribution >= 4 is 0 Å². The Kier molecular flexibility index (Phi) is 9.28. The van der Waals surface area contributed by atoms with Crippen LogP contribution in [-0.2, 0) is 22.3 Å². The van der Waals surface area contributed by atoms with Gasteiger partial charge in [-0.05, 0) is 49.3 Å². The summed E-state index contributed by atoms with van der Waals surface area (Å²) in [5.41, 5.74) is 3.51. The van der Waals surface area contributed by atoms with Crippen molar-refractivity contribution in [3.8, 4) is 0 Å². The highest BCUT2D eigenvalue weighted by molar-refractivity contribution is 5.27. The molecule has 0 aromatic carbocycles. The van der Waals surface area contributed by atoms with Gasteiger partial charge in [-0.25, -0.2) is 0 Å². The number of aliphatic hydroxyl groups excluding tert-OH is 1. The number of ether oxygens (including phenoxy) is 2. The van der Waals surface area contributed by atoms with Crippen LogP contribution in [0, 0.1) is 0 Å². The van der Waals surface area contributed by atoms with Crippen LogP contribution in [0.4, 0.5) is 0 Å². The highest BCUT2D eigenvalue weighted by Gasteiger charge is 2.15. The van der Waals surface area contributed by atoms with E-state index in [0.717, 1.165) is 49.8 Å². The van der Waals surface area contributed by atoms with Gasteiger partial charge < -0.3 is 14.6 Å². The van der Waals surface area contributed by atoms with E-state index in [-0.39, 0.29) is 18.8 Å². The molecule has 22 heavy (non-hydrogen) atoms. The Labute approximate surface area is 134 Å². The largest absolute Gasteiger partial charge is 0.396 e. The second-order valence-corrected chi connectivity index (χ2v) is 5.66. The first kappa shape index (κ1) is 19.1. The van der Waals surface area contributed by atoms with Crippen molar-refractivity contribution in [2.24, 2.45) is 0 Å². The fourth-order valence-corrected chi connectivity index (χ4v) is 2.71. The number of aromatic nitrogens is 1. The van der Waals surface area contributed by atoms with Crippen molar-refractivity contribution in [2.75, 3.05) is 20.8 Å². The van der Waals surface area contributed by atoms with Crippen molar-refractivity contribution in [1.29, 1.82) is 0 Å². The monoisotopic (exact) mass is 309 g/mol. The summed E-state index contributed by atoms with van der Waals surface area (Å²) in [6.45, 7) is 4.49. The molecule has 0 amide bonds. The molecule has 0 aliphatic heterocycles. The first-order valence-electron chi connectivity index (χ1n) is 8.34. The first-order valence-corrected chi connectivity index (χ1v) is 8.34. The number of unbranched alkanes of at least 4 members (excludes halogenated alkanes) is 1. The molecule has 0 radical (unpaired) electrons. The van der Waals surface area contributed by atoms with Crippen LogP contribution < -0.4 is 0 Å². The number of aryl methyl sites for hydroxylation is 1. The predicted molar refractivity (Wildman–Crippen MR) is 89.1 cm³/mol. The van der Waals surface area contributed by atoms with Crippen LogP contribution in [0.25, 0.3) is 0 Å². The van der Waals surface area contributed by atoms with Crippen LogP contribution in [0.2, 0.25) is 0 Å². The lowest BCUT2D eigenvalue weighted by molar-refractivity contribution is 0.0973. The molecule has 1 rings (SSSR count). The van der Waals surface area contributed by atoms with Crippen LogP contribution in [-0.4, -0.2) is 37.0 Å². The molecule has 2 unspecified atom stereocenters. The number of hydrogen-bond acceptors (Lipinski definition) is 4. The van der Waals surface area contributed by atoms with Gasteiger partial charge in [-0.3, -0.25) is 4.98 Å². The Bertz CT molecular complexity index is 415. The molecule has 0 saturated heterocycles. The number of aliphatic hydroxyl groups is 1. The first-order chi connectivity index (χ1) is 10.7. The number of nitrogens with zero attached hydrogens (tertiary/aromatic N) is 1. The van der Waals surface area contributed by atoms with E-state index in [1.165, 1.54) is 5.56 Å². The van der Waals surface area contributed by atoms with Crippen molar-refractivity contribution in [3.63, 3.8) is 0 Å². The summed E-state index contributed by atoms with van der Waals surface area (Å²) in [6.07, 6.45) is 7.74. The van der Waals surface area contributed by atoms with E-state index in [0.29, 0.717) is 0 Å². The number of hydrogen-bond donors (Lipinski definition) is 1. The summed E-state index contributed by atoms with van der Waals surface area (Å²) in [4.78, 5) is 4.69. The molecule has 0 aliphatic rings. The lowest BCUT2D eigenvalue weighted by atomic mass is 9.98. The molecule has 0 bridgehead atoms. The summed E-state index contributed by atoms with van der Waals surface area (Å²) in [7, 11) is 3.50. The minimum atomic E-state index is 0.0996. The SMILES string of the molecule is CCC(Cc1ncc(C(CC)OC)cc1CCCCO)OC. The molecule has 1 aromatic rings. The normalized spacial score (nSPS) is 14.0. The third-order valence-electron chi connectivity index (χ3n) is 4.17. The Balaban J connectivity index is 2.97. The van der Waals surface area contributed by atoms with Crippen LogP contribution in [0.3, 0.4) is 0 Å². The topological polar surface area (TPSA) is 51.6 Å². The van der Waals surface area contributed by atoms with E-state index in [9.17, 15) is 0 Å². The zero-order chi connectivity index (χ0) is 16.4. The molecule has 4 nitrogen and oxygen atoms in total. The fraction of sp³-hybridized carbons (Fsp3) is 0.722. The molecular formula is C18H31NO3. The third kappa shape index (κ3) is 5.67. The Morgan fingerprint density at radius 2 is 1.91 bits per heavy atom. The summed E-state index contributed by atoms with van der Waals surface area (Å²) in [6, 6.07) is 2.22. The molecule has 4 heteroatoms. The highest BCUT2D eigenvalue weighted by atomic mass is 16.5. The van der Waals surface area contributed by atoms with E-state index in [1.807, 2.05) is 6.20 Å². The lowest BCUT2D eigenvalue weighted by Crippen LogP contribution is -2.16. The third-order valence-corrected chi connectivity index (χ3v) is 4.17. The minimum Gasteiger partial charge on any atom is -0.396 e. The maximum absolute atomic E-state index is 9.00. The second kappa shape index (κ2) is 10.7. The Morgan fingerprint density at radius 1 is 1.14 bits per heavy atom. The fourth-order valence-electron chi connectivity index (χ4n) is 2.71. The summed E-state index contributed by atoms with van der Waals surface area (Å²) < 4.78 is 11.0. The van der Waals surface area contributed by atoms with Gasteiger partial charge in [0.15, 0.2) is 0 Å². The quantitative estimate of drug-likeness (QED) is 0.636. The van der Waals surface area contributed by atoms with Gasteiger partial charge in [0.2, 0.25) is 0 Å². The van der Waals surface area contributed by atoms with Crippen LogP contribution in [0.15, 0.2) is 12.3 Å². The Hall–Kier alpha value is -0.970. The van der Waals surface area contributed by atoms with Crippen molar-refractivity contribution in [3.05, 3.63) is 29.1 Å². The van der Waals surface area contributed by atoms with E-state index in [2.05, 4.69) is 24.9 Å². The molecule has 1 N–H and O–H groups in total. The number of pyridine rings is 1. The van der Waals surface area contributed by atoms with Crippen LogP contribution in [0.5, 0.6) is 0 Å². The zero-order valence-electron chi connectivity index (χ0n) is 14.5. The molecule has 0 fully saturated rings. The van der Waals surface area contributed by atoms with Gasteiger partial charge in [-0.1, -0.05) is 13.8 Å². The Morgan fingerprint density at radius 3 is 2.45 bits per heavy atom. The van der Waals surface area contributed by atoms with Gasteiger partial charge in [-0.2, -0.15) is 0 Å². The molecule has 0 aliphatic carbocycles. The van der Waals surface area contributed by atoms with Crippen LogP contribution >= 0.6 is 0 Å². The summed E-state index contributed by atoms with van der Waals surface area (Å²) >= 11 is 0. The minimum absolute atomic E-state index is 0.0996. The van der Waals surface area contributed by atoms with E-state index < -0.39 is 0 Å². The van der Waals surface area contributed by atoms with E-state index >= 15 is 0 Å². The average Bonchev–Trinajstić information content (AvgIpc) is 2.55. The molecule has 0 spiro atoms. The summed E-state index contributed by atoms with van der Waals surface area (Å²) in [5, 5.41) is 9.00. The maximum atomic E-state index is 9.00. The number of rotatable bonds is 11. The molecule has 126 valence electrons. The van der Waals surface area contributed by atoms with E-state index in [1.54, 1.807) is 14.2 Å². The zero-order valence-corrected chi connectivity index (χ0v) is 14.5. The second-order valence-electron chi connectivity index (χ2n) is 5.66. The highest BCUT2D eigenvalue weighted by Crippen LogP contribution is 2.23. The van der Waals surface area contributed by atoms with Gasteiger partial charge in [-0.15, -0.1) is 0 Å². The standard InChI is InChI=1S/C18H31NO3/c1-5-16(21-3)12-17-14(9-7-8-10-20)11-15(13-19-17)18(6-2)22-4/h11,13,16,18,20H,5-10,12H2,1-4H3. The summed E-state index contributed by atoms with van der Waals surface area (Å²) in [5.74, 6) is 0. The average molecular weight is 309 g/mol. The van der Waals surface area contributed by atoms with Gasteiger partial charge in [0, 0.05) is 39.1 Å². The van der Waals surface area contributed by atoms with Gasteiger partial charge in [0.25, 0.3) is 0 Å². The molecule has 1 heterocycles.